The molecule has 0 aliphatic carbocycles. The summed E-state index contributed by atoms with van der Waals surface area (Å²) in [7, 11) is 0. The Balaban J connectivity index is 1.76. The van der Waals surface area contributed by atoms with Crippen molar-refractivity contribution < 1.29 is 26.7 Å². The third kappa shape index (κ3) is 4.40. The zero-order valence-electron chi connectivity index (χ0n) is 14.4. The van der Waals surface area contributed by atoms with Crippen LogP contribution in [0.3, 0.4) is 0 Å². The highest BCUT2D eigenvalue weighted by Crippen LogP contribution is 2.28. The van der Waals surface area contributed by atoms with E-state index in [1.807, 2.05) is 0 Å². The maximum absolute atomic E-state index is 13.8. The van der Waals surface area contributed by atoms with Crippen molar-refractivity contribution in [2.75, 3.05) is 0 Å². The molecule has 148 valence electrons. The zero-order valence-corrected chi connectivity index (χ0v) is 14.4. The lowest BCUT2D eigenvalue weighted by atomic mass is 10.1. The molecule has 0 saturated carbocycles. The molecule has 0 fully saturated rings. The number of hydrogen-bond donors (Lipinski definition) is 1. The third-order valence-electron chi connectivity index (χ3n) is 3.95. The lowest BCUT2D eigenvalue weighted by Gasteiger charge is -2.13. The Bertz CT molecular complexity index is 1080. The number of nitrogens with zero attached hydrogens (tertiary/aromatic N) is 3. The SMILES string of the molecule is N#CC(NC(=O)c1ccc(-n2ccc(C(F)(F)F)n2)cc1)c1ccc(F)cc1F. The van der Waals surface area contributed by atoms with Crippen molar-refractivity contribution in [3.63, 3.8) is 0 Å². The second-order valence-electron chi connectivity index (χ2n) is 5.89. The Morgan fingerprint density at radius 2 is 1.79 bits per heavy atom. The first-order valence-corrected chi connectivity index (χ1v) is 8.08. The molecule has 5 nitrogen and oxygen atoms in total. The molecule has 1 aromatic heterocycles. The average molecular weight is 406 g/mol. The number of rotatable bonds is 4. The fourth-order valence-electron chi connectivity index (χ4n) is 2.51. The predicted octanol–water partition coefficient (Wildman–Crippen LogP) is 4.16. The number of benzene rings is 2. The van der Waals surface area contributed by atoms with Crippen molar-refractivity contribution in [1.82, 2.24) is 15.1 Å². The Labute approximate surface area is 161 Å². The second-order valence-corrected chi connectivity index (χ2v) is 5.89. The maximum Gasteiger partial charge on any atom is 0.435 e. The van der Waals surface area contributed by atoms with Crippen LogP contribution in [-0.2, 0) is 6.18 Å². The quantitative estimate of drug-likeness (QED) is 0.662. The fourth-order valence-corrected chi connectivity index (χ4v) is 2.51. The summed E-state index contributed by atoms with van der Waals surface area (Å²) in [6.07, 6.45) is -3.45. The molecule has 0 aliphatic rings. The Kier molecular flexibility index (Phi) is 5.32. The molecule has 1 heterocycles. The van der Waals surface area contributed by atoms with Crippen LogP contribution in [0.4, 0.5) is 22.0 Å². The van der Waals surface area contributed by atoms with Gasteiger partial charge in [-0.05, 0) is 36.4 Å². The van der Waals surface area contributed by atoms with E-state index in [2.05, 4.69) is 10.4 Å². The van der Waals surface area contributed by atoms with Crippen LogP contribution in [0.15, 0.2) is 54.7 Å². The number of hydrogen-bond acceptors (Lipinski definition) is 3. The van der Waals surface area contributed by atoms with Gasteiger partial charge in [-0.2, -0.15) is 23.5 Å². The summed E-state index contributed by atoms with van der Waals surface area (Å²) < 4.78 is 65.7. The molecule has 2 aromatic carbocycles. The normalized spacial score (nSPS) is 12.3. The van der Waals surface area contributed by atoms with E-state index in [-0.39, 0.29) is 16.8 Å². The molecule has 1 N–H and O–H groups in total. The molecular weight excluding hydrogens is 395 g/mol. The minimum absolute atomic E-state index is 0.0831. The number of aromatic nitrogens is 2. The summed E-state index contributed by atoms with van der Waals surface area (Å²) in [5.74, 6) is -2.52. The van der Waals surface area contributed by atoms with Crippen LogP contribution in [0.5, 0.6) is 0 Å². The predicted molar refractivity (Wildman–Crippen MR) is 90.7 cm³/mol. The molecule has 0 radical (unpaired) electrons. The van der Waals surface area contributed by atoms with Crippen molar-refractivity contribution in [1.29, 1.82) is 5.26 Å². The Morgan fingerprint density at radius 3 is 2.34 bits per heavy atom. The van der Waals surface area contributed by atoms with Gasteiger partial charge in [0.2, 0.25) is 0 Å². The lowest BCUT2D eigenvalue weighted by Crippen LogP contribution is -2.28. The number of amides is 1. The van der Waals surface area contributed by atoms with Crippen LogP contribution in [0.25, 0.3) is 5.69 Å². The van der Waals surface area contributed by atoms with Gasteiger partial charge in [0.15, 0.2) is 5.69 Å². The van der Waals surface area contributed by atoms with E-state index in [1.54, 1.807) is 6.07 Å². The summed E-state index contributed by atoms with van der Waals surface area (Å²) in [5.41, 5.74) is -0.897. The van der Waals surface area contributed by atoms with Crippen LogP contribution in [-0.4, -0.2) is 15.7 Å². The van der Waals surface area contributed by atoms with Crippen LogP contribution >= 0.6 is 0 Å². The number of carbonyl (C=O) groups excluding carboxylic acids is 1. The molecule has 10 heteroatoms. The van der Waals surface area contributed by atoms with Gasteiger partial charge in [-0.1, -0.05) is 6.07 Å². The van der Waals surface area contributed by atoms with E-state index in [4.69, 9.17) is 0 Å². The summed E-state index contributed by atoms with van der Waals surface area (Å²) in [6.45, 7) is 0. The minimum atomic E-state index is -4.58. The van der Waals surface area contributed by atoms with E-state index in [0.717, 1.165) is 29.1 Å². The van der Waals surface area contributed by atoms with Crippen molar-refractivity contribution in [2.45, 2.75) is 12.2 Å². The highest BCUT2D eigenvalue weighted by molar-refractivity contribution is 5.94. The number of nitrogens with one attached hydrogen (secondary N) is 1. The molecule has 1 atom stereocenters. The van der Waals surface area contributed by atoms with Gasteiger partial charge in [0.25, 0.3) is 5.91 Å². The standard InChI is InChI=1S/C19H11F5N4O/c20-12-3-6-14(15(21)9-12)16(10-25)26-18(29)11-1-4-13(5-2-11)28-8-7-17(27-28)19(22,23)24/h1-9,16H,(H,26,29). The Hall–Kier alpha value is -3.74. The van der Waals surface area contributed by atoms with Gasteiger partial charge < -0.3 is 5.32 Å². The first-order valence-electron chi connectivity index (χ1n) is 8.08. The van der Waals surface area contributed by atoms with Crippen molar-refractivity contribution in [3.05, 3.63) is 83.2 Å². The molecule has 29 heavy (non-hydrogen) atoms. The number of alkyl halides is 3. The number of carbonyl (C=O) groups is 1. The van der Waals surface area contributed by atoms with Gasteiger partial charge in [-0.3, -0.25) is 4.79 Å². The topological polar surface area (TPSA) is 70.7 Å². The number of nitriles is 1. The van der Waals surface area contributed by atoms with Crippen molar-refractivity contribution in [2.24, 2.45) is 0 Å². The highest BCUT2D eigenvalue weighted by Gasteiger charge is 2.33. The first kappa shape index (κ1) is 20.0. The monoisotopic (exact) mass is 406 g/mol. The van der Waals surface area contributed by atoms with Gasteiger partial charge >= 0.3 is 6.18 Å². The van der Waals surface area contributed by atoms with E-state index < -0.39 is 35.5 Å². The molecule has 0 bridgehead atoms. The van der Waals surface area contributed by atoms with Gasteiger partial charge in [0, 0.05) is 23.4 Å². The van der Waals surface area contributed by atoms with Crippen LogP contribution in [0.2, 0.25) is 0 Å². The molecule has 3 rings (SSSR count). The summed E-state index contributed by atoms with van der Waals surface area (Å²) in [4.78, 5) is 12.3. The van der Waals surface area contributed by atoms with Crippen molar-refractivity contribution in [3.8, 4) is 11.8 Å². The second kappa shape index (κ2) is 7.71. The molecule has 3 aromatic rings. The molecule has 0 spiro atoms. The summed E-state index contributed by atoms with van der Waals surface area (Å²) in [5, 5.41) is 14.9. The summed E-state index contributed by atoms with van der Waals surface area (Å²) >= 11 is 0. The maximum atomic E-state index is 13.8. The van der Waals surface area contributed by atoms with Crippen LogP contribution in [0.1, 0.15) is 27.7 Å². The smallest absolute Gasteiger partial charge is 0.332 e. The van der Waals surface area contributed by atoms with Crippen LogP contribution < -0.4 is 5.32 Å². The van der Waals surface area contributed by atoms with Gasteiger partial charge in [0.05, 0.1) is 11.8 Å². The van der Waals surface area contributed by atoms with E-state index in [1.165, 1.54) is 24.3 Å². The molecule has 0 saturated heterocycles. The van der Waals surface area contributed by atoms with E-state index in [0.29, 0.717) is 6.07 Å². The fraction of sp³-hybridized carbons (Fsp3) is 0.105. The van der Waals surface area contributed by atoms with Crippen LogP contribution in [0, 0.1) is 23.0 Å². The Morgan fingerprint density at radius 1 is 1.10 bits per heavy atom. The minimum Gasteiger partial charge on any atom is -0.332 e. The van der Waals surface area contributed by atoms with Gasteiger partial charge in [-0.15, -0.1) is 0 Å². The van der Waals surface area contributed by atoms with Gasteiger partial charge in [-0.25, -0.2) is 13.5 Å². The largest absolute Gasteiger partial charge is 0.435 e. The highest BCUT2D eigenvalue weighted by atomic mass is 19.4. The van der Waals surface area contributed by atoms with E-state index >= 15 is 0 Å². The van der Waals surface area contributed by atoms with Gasteiger partial charge in [0.1, 0.15) is 17.7 Å². The molecule has 1 unspecified atom stereocenters. The lowest BCUT2D eigenvalue weighted by molar-refractivity contribution is -0.141. The molecular formula is C19H11F5N4O. The molecule has 0 aliphatic heterocycles. The van der Waals surface area contributed by atoms with E-state index in [9.17, 15) is 32.0 Å². The average Bonchev–Trinajstić information content (AvgIpc) is 3.17. The zero-order chi connectivity index (χ0) is 21.2. The third-order valence-corrected chi connectivity index (χ3v) is 3.95. The van der Waals surface area contributed by atoms with Crippen molar-refractivity contribution >= 4 is 5.91 Å². The number of halogens is 5. The summed E-state index contributed by atoms with van der Waals surface area (Å²) in [6, 6.07) is 9.14. The molecule has 1 amide bonds. The first-order chi connectivity index (χ1) is 13.7.